The third kappa shape index (κ3) is 8.64. The van der Waals surface area contributed by atoms with E-state index in [1.807, 2.05) is 4.98 Å². The lowest BCUT2D eigenvalue weighted by Gasteiger charge is -2.32. The van der Waals surface area contributed by atoms with E-state index in [4.69, 9.17) is 18.7 Å². The summed E-state index contributed by atoms with van der Waals surface area (Å²) in [5.74, 6) is -1.32. The number of aromatic nitrogens is 2. The molecule has 4 rings (SSSR count). The fraction of sp³-hybridized carbons (Fsp3) is 0.786. The second kappa shape index (κ2) is 14.8. The molecule has 2 unspecified atom stereocenters. The van der Waals surface area contributed by atoms with E-state index < -0.39 is 73.7 Å². The van der Waals surface area contributed by atoms with E-state index in [1.54, 1.807) is 0 Å². The highest BCUT2D eigenvalue weighted by Crippen LogP contribution is 2.45. The number of carbonyl (C=O) groups is 2. The molecule has 2 aliphatic carbocycles. The van der Waals surface area contributed by atoms with Gasteiger partial charge in [0.25, 0.3) is 5.56 Å². The van der Waals surface area contributed by atoms with Gasteiger partial charge in [-0.1, -0.05) is 12.8 Å². The minimum atomic E-state index is -4.33. The maximum absolute atomic E-state index is 15.2. The normalized spacial score (nSPS) is 29.4. The van der Waals surface area contributed by atoms with Crippen LogP contribution in [0, 0.1) is 0 Å². The molecule has 6 atom stereocenters. The number of aromatic amines is 1. The molecule has 3 aliphatic rings. The van der Waals surface area contributed by atoms with Crippen LogP contribution in [-0.4, -0.2) is 75.4 Å². The molecule has 3 fully saturated rings. The van der Waals surface area contributed by atoms with Crippen molar-refractivity contribution < 1.29 is 42.4 Å². The lowest BCUT2D eigenvalue weighted by atomic mass is 9.98. The van der Waals surface area contributed by atoms with Crippen LogP contribution >= 0.6 is 7.67 Å². The fourth-order valence-electron chi connectivity index (χ4n) is 5.71. The summed E-state index contributed by atoms with van der Waals surface area (Å²) in [4.78, 5) is 51.5. The Morgan fingerprint density at radius 3 is 2.02 bits per heavy atom. The highest BCUT2D eigenvalue weighted by molar-refractivity contribution is 7.54. The van der Waals surface area contributed by atoms with Crippen LogP contribution in [0.3, 0.4) is 0 Å². The van der Waals surface area contributed by atoms with E-state index in [2.05, 4.69) is 10.2 Å². The van der Waals surface area contributed by atoms with Gasteiger partial charge in [-0.15, -0.1) is 0 Å². The first-order chi connectivity index (χ1) is 20.8. The van der Waals surface area contributed by atoms with Crippen molar-refractivity contribution in [1.29, 1.82) is 0 Å². The van der Waals surface area contributed by atoms with E-state index in [0.717, 1.165) is 81.0 Å². The molecule has 0 aromatic carbocycles. The van der Waals surface area contributed by atoms with Crippen LogP contribution in [-0.2, 0) is 32.9 Å². The van der Waals surface area contributed by atoms with Gasteiger partial charge >= 0.3 is 25.3 Å². The molecular weight excluding hydrogens is 602 g/mol. The van der Waals surface area contributed by atoms with Crippen molar-refractivity contribution in [3.05, 3.63) is 33.1 Å². The highest BCUT2D eigenvalue weighted by Gasteiger charge is 2.54. The van der Waals surface area contributed by atoms with Crippen LogP contribution in [0.5, 0.6) is 0 Å². The zero-order chi connectivity index (χ0) is 32.1. The lowest BCUT2D eigenvalue weighted by molar-refractivity contribution is -0.152. The molecule has 0 amide bonds. The molecule has 1 saturated heterocycles. The Balaban J connectivity index is 1.48. The number of esters is 2. The van der Waals surface area contributed by atoms with Gasteiger partial charge in [-0.05, 0) is 72.1 Å². The topological polar surface area (TPSA) is 187 Å². The molecule has 0 bridgehead atoms. The molecular formula is C28H44FN4O10P. The van der Waals surface area contributed by atoms with E-state index in [1.165, 1.54) is 20.8 Å². The summed E-state index contributed by atoms with van der Waals surface area (Å²) in [6.07, 6.45) is 3.71. The van der Waals surface area contributed by atoms with Crippen molar-refractivity contribution in [3.63, 3.8) is 0 Å². The number of aliphatic hydroxyl groups excluding tert-OH is 1. The molecule has 248 valence electrons. The Morgan fingerprint density at radius 1 is 1.05 bits per heavy atom. The summed E-state index contributed by atoms with van der Waals surface area (Å²) < 4.78 is 52.8. The number of ether oxygens (including phenoxy) is 3. The summed E-state index contributed by atoms with van der Waals surface area (Å²) in [5, 5.41) is 16.0. The number of halogens is 1. The van der Waals surface area contributed by atoms with Crippen molar-refractivity contribution in [3.8, 4) is 0 Å². The van der Waals surface area contributed by atoms with E-state index in [9.17, 15) is 28.8 Å². The molecule has 0 spiro atoms. The van der Waals surface area contributed by atoms with Gasteiger partial charge in [-0.25, -0.2) is 19.4 Å². The van der Waals surface area contributed by atoms with Crippen LogP contribution in [0.4, 0.5) is 4.39 Å². The summed E-state index contributed by atoms with van der Waals surface area (Å²) in [5.41, 5.74) is -3.49. The molecule has 16 heteroatoms. The van der Waals surface area contributed by atoms with Crippen molar-refractivity contribution in [2.24, 2.45) is 0 Å². The van der Waals surface area contributed by atoms with E-state index in [-0.39, 0.29) is 12.2 Å². The maximum Gasteiger partial charge on any atom is 0.342 e. The largest absolute Gasteiger partial charge is 0.461 e. The van der Waals surface area contributed by atoms with Crippen LogP contribution in [0.25, 0.3) is 0 Å². The van der Waals surface area contributed by atoms with Crippen LogP contribution in [0.1, 0.15) is 91.2 Å². The average molecular weight is 647 g/mol. The predicted molar refractivity (Wildman–Crippen MR) is 155 cm³/mol. The molecule has 4 N–H and O–H groups in total. The van der Waals surface area contributed by atoms with Gasteiger partial charge < -0.3 is 23.8 Å². The van der Waals surface area contributed by atoms with Crippen molar-refractivity contribution in [1.82, 2.24) is 19.7 Å². The van der Waals surface area contributed by atoms with Gasteiger partial charge in [0, 0.05) is 12.3 Å². The van der Waals surface area contributed by atoms with Gasteiger partial charge in [-0.3, -0.25) is 28.5 Å². The monoisotopic (exact) mass is 646 g/mol. The third-order valence-electron chi connectivity index (χ3n) is 8.35. The minimum absolute atomic E-state index is 0.256. The smallest absolute Gasteiger partial charge is 0.342 e. The molecule has 2 saturated carbocycles. The first kappa shape index (κ1) is 34.5. The van der Waals surface area contributed by atoms with Crippen LogP contribution in [0.2, 0.25) is 0 Å². The standard InChI is InChI=1S/C28H44FN4O10P/c1-17(25(36)41-19-10-6-4-7-11-19)31-44(39,32-18(2)26(37)42-20-12-8-5-9-13-20)40-16-28(3)23(35)22(29)24(43-28)33-15-14-21(34)30-27(33)38/h14-15,17-20,22-24,35H,4-13,16H2,1-3H3,(H,30,34,38)(H2,31,32,39)/t17?,18?,22-,23+,24-,28-,44?/m1/s1. The number of H-pyrrole nitrogens is 1. The first-order valence-electron chi connectivity index (χ1n) is 15.3. The van der Waals surface area contributed by atoms with E-state index in [0.29, 0.717) is 0 Å². The molecule has 0 radical (unpaired) electrons. The summed E-state index contributed by atoms with van der Waals surface area (Å²) >= 11 is 0. The van der Waals surface area contributed by atoms with Crippen molar-refractivity contribution in [2.45, 2.75) is 133 Å². The predicted octanol–water partition coefficient (Wildman–Crippen LogP) is 2.36. The second-order valence-electron chi connectivity index (χ2n) is 12.1. The molecule has 1 aliphatic heterocycles. The van der Waals surface area contributed by atoms with Crippen molar-refractivity contribution >= 4 is 19.6 Å². The number of nitrogens with zero attached hydrogens (tertiary/aromatic N) is 1. The quantitative estimate of drug-likeness (QED) is 0.192. The zero-order valence-electron chi connectivity index (χ0n) is 25.4. The fourth-order valence-corrected chi connectivity index (χ4v) is 7.60. The molecule has 1 aromatic rings. The summed E-state index contributed by atoms with van der Waals surface area (Å²) in [6, 6.07) is -1.28. The minimum Gasteiger partial charge on any atom is -0.461 e. The highest BCUT2D eigenvalue weighted by atomic mass is 31.2. The molecule has 44 heavy (non-hydrogen) atoms. The molecule has 14 nitrogen and oxygen atoms in total. The Labute approximate surface area is 254 Å². The van der Waals surface area contributed by atoms with Gasteiger partial charge in [0.2, 0.25) is 0 Å². The Kier molecular flexibility index (Phi) is 11.6. The van der Waals surface area contributed by atoms with Crippen molar-refractivity contribution in [2.75, 3.05) is 6.61 Å². The number of carbonyl (C=O) groups excluding carboxylic acids is 2. The number of alkyl halides is 1. The third-order valence-corrected chi connectivity index (χ3v) is 10.3. The number of rotatable bonds is 12. The number of aliphatic hydroxyl groups is 1. The first-order valence-corrected chi connectivity index (χ1v) is 17.0. The van der Waals surface area contributed by atoms with Gasteiger partial charge in [0.1, 0.15) is 36.0 Å². The second-order valence-corrected chi connectivity index (χ2v) is 14.0. The van der Waals surface area contributed by atoms with Gasteiger partial charge in [0.15, 0.2) is 12.4 Å². The number of hydrogen-bond donors (Lipinski definition) is 4. The maximum atomic E-state index is 15.2. The number of nitrogens with one attached hydrogen (secondary N) is 3. The Bertz CT molecular complexity index is 1270. The lowest BCUT2D eigenvalue weighted by Crippen LogP contribution is -2.47. The summed E-state index contributed by atoms with van der Waals surface area (Å²) in [6.45, 7) is 3.49. The Hall–Kier alpha value is -2.42. The van der Waals surface area contributed by atoms with Gasteiger partial charge in [0.05, 0.1) is 6.61 Å². The van der Waals surface area contributed by atoms with E-state index >= 15 is 4.39 Å². The summed E-state index contributed by atoms with van der Waals surface area (Å²) in [7, 11) is -4.33. The molecule has 1 aromatic heterocycles. The molecule has 2 heterocycles. The average Bonchev–Trinajstić information content (AvgIpc) is 3.21. The number of hydrogen-bond acceptors (Lipinski definition) is 10. The Morgan fingerprint density at radius 2 is 1.55 bits per heavy atom. The SMILES string of the molecule is CC(NP(=O)(NC(C)C(=O)OC1CCCCC1)OC[C@@]1(C)O[C@@H](n2ccc(=O)[nH]c2=O)[C@H](F)[C@@H]1O)C(=O)OC1CCCCC1. The van der Waals surface area contributed by atoms with Crippen LogP contribution < -0.4 is 21.4 Å². The van der Waals surface area contributed by atoms with Gasteiger partial charge in [-0.2, -0.15) is 0 Å². The van der Waals surface area contributed by atoms with Crippen LogP contribution in [0.15, 0.2) is 21.9 Å². The zero-order valence-corrected chi connectivity index (χ0v) is 26.3.